The summed E-state index contributed by atoms with van der Waals surface area (Å²) in [7, 11) is 0. The van der Waals surface area contributed by atoms with Crippen molar-refractivity contribution in [2.75, 3.05) is 0 Å². The highest BCUT2D eigenvalue weighted by Crippen LogP contribution is 2.18. The van der Waals surface area contributed by atoms with Gasteiger partial charge in [-0.05, 0) is 37.0 Å². The highest BCUT2D eigenvalue weighted by molar-refractivity contribution is 5.87. The summed E-state index contributed by atoms with van der Waals surface area (Å²) in [5.41, 5.74) is 2.42. The molecule has 1 aliphatic carbocycles. The quantitative estimate of drug-likeness (QED) is 0.733. The minimum atomic E-state index is -0.0904. The number of aromatic nitrogens is 1. The lowest BCUT2D eigenvalue weighted by molar-refractivity contribution is -0.117. The number of hydrogen-bond acceptors (Lipinski definition) is 2. The third-order valence-corrected chi connectivity index (χ3v) is 2.71. The predicted octanol–water partition coefficient (Wildman–Crippen LogP) is 1.24. The summed E-state index contributed by atoms with van der Waals surface area (Å²) in [6.07, 6.45) is 5.92. The van der Waals surface area contributed by atoms with Gasteiger partial charge in [0.1, 0.15) is 0 Å². The Balaban J connectivity index is 2.05. The van der Waals surface area contributed by atoms with Crippen LogP contribution in [0.1, 0.15) is 17.7 Å². The van der Waals surface area contributed by atoms with Crippen molar-refractivity contribution in [1.29, 1.82) is 0 Å². The van der Waals surface area contributed by atoms with E-state index in [9.17, 15) is 4.79 Å². The molecule has 15 heavy (non-hydrogen) atoms. The maximum Gasteiger partial charge on any atom is 0.243 e. The summed E-state index contributed by atoms with van der Waals surface area (Å²) in [5, 5.41) is 2.92. The number of fused-ring (bicyclic) bond motifs is 1. The Morgan fingerprint density at radius 1 is 1.67 bits per heavy atom. The molecule has 1 aromatic rings. The zero-order chi connectivity index (χ0) is 10.7. The number of rotatable bonds is 2. The second kappa shape index (κ2) is 4.26. The van der Waals surface area contributed by atoms with E-state index in [-0.39, 0.29) is 11.9 Å². The molecule has 1 aromatic heterocycles. The van der Waals surface area contributed by atoms with Crippen molar-refractivity contribution in [3.8, 4) is 0 Å². The second-order valence-electron chi connectivity index (χ2n) is 3.76. The van der Waals surface area contributed by atoms with Crippen LogP contribution in [-0.2, 0) is 17.6 Å². The summed E-state index contributed by atoms with van der Waals surface area (Å²) in [4.78, 5) is 15.5. The first kappa shape index (κ1) is 9.90. The van der Waals surface area contributed by atoms with E-state index in [4.69, 9.17) is 0 Å². The lowest BCUT2D eigenvalue weighted by Gasteiger charge is -2.24. The van der Waals surface area contributed by atoms with Crippen LogP contribution in [0.3, 0.4) is 0 Å². The lowest BCUT2D eigenvalue weighted by Crippen LogP contribution is -2.38. The second-order valence-corrected chi connectivity index (χ2v) is 3.76. The molecular formula is C12H14N2O. The maximum atomic E-state index is 11.1. The Morgan fingerprint density at radius 3 is 3.33 bits per heavy atom. The number of nitrogens with zero attached hydrogens (tertiary/aromatic N) is 1. The van der Waals surface area contributed by atoms with E-state index in [0.717, 1.165) is 19.3 Å². The molecule has 3 nitrogen and oxygen atoms in total. The zero-order valence-electron chi connectivity index (χ0n) is 8.57. The number of amides is 1. The molecule has 0 aliphatic heterocycles. The molecule has 0 fully saturated rings. The van der Waals surface area contributed by atoms with Crippen LogP contribution < -0.4 is 5.32 Å². The van der Waals surface area contributed by atoms with Gasteiger partial charge in [0.05, 0.1) is 0 Å². The largest absolute Gasteiger partial charge is 0.349 e. The normalized spacial score (nSPS) is 19.1. The van der Waals surface area contributed by atoms with Crippen LogP contribution in [0, 0.1) is 0 Å². The van der Waals surface area contributed by atoms with Crippen molar-refractivity contribution < 1.29 is 4.79 Å². The predicted molar refractivity (Wildman–Crippen MR) is 58.4 cm³/mol. The number of nitrogens with one attached hydrogen (secondary N) is 1. The average molecular weight is 202 g/mol. The van der Waals surface area contributed by atoms with Crippen molar-refractivity contribution in [3.63, 3.8) is 0 Å². The molecule has 1 unspecified atom stereocenters. The molecule has 1 heterocycles. The summed E-state index contributed by atoms with van der Waals surface area (Å²) < 4.78 is 0. The van der Waals surface area contributed by atoms with E-state index >= 15 is 0 Å². The summed E-state index contributed by atoms with van der Waals surface area (Å²) in [6.45, 7) is 3.45. The Kier molecular flexibility index (Phi) is 2.81. The van der Waals surface area contributed by atoms with E-state index in [1.807, 2.05) is 12.3 Å². The van der Waals surface area contributed by atoms with Gasteiger partial charge in [0.15, 0.2) is 0 Å². The Morgan fingerprint density at radius 2 is 2.53 bits per heavy atom. The van der Waals surface area contributed by atoms with Gasteiger partial charge >= 0.3 is 0 Å². The number of carbonyl (C=O) groups is 1. The molecule has 78 valence electrons. The molecule has 2 rings (SSSR count). The first-order chi connectivity index (χ1) is 7.29. The van der Waals surface area contributed by atoms with Gasteiger partial charge in [0, 0.05) is 17.9 Å². The molecular weight excluding hydrogens is 188 g/mol. The molecule has 0 radical (unpaired) electrons. The molecule has 0 aromatic carbocycles. The first-order valence-corrected chi connectivity index (χ1v) is 5.15. The van der Waals surface area contributed by atoms with E-state index in [1.54, 1.807) is 0 Å². The fraction of sp³-hybridized carbons (Fsp3) is 0.333. The minimum absolute atomic E-state index is 0.0904. The van der Waals surface area contributed by atoms with Crippen LogP contribution in [0.25, 0.3) is 0 Å². The molecule has 1 amide bonds. The fourth-order valence-electron chi connectivity index (χ4n) is 1.94. The molecule has 1 aliphatic rings. The van der Waals surface area contributed by atoms with Crippen LogP contribution in [0.15, 0.2) is 31.0 Å². The number of hydrogen-bond donors (Lipinski definition) is 1. The van der Waals surface area contributed by atoms with Crippen molar-refractivity contribution in [2.24, 2.45) is 0 Å². The van der Waals surface area contributed by atoms with Gasteiger partial charge in [-0.2, -0.15) is 0 Å². The summed E-state index contributed by atoms with van der Waals surface area (Å²) in [5.74, 6) is -0.0904. The first-order valence-electron chi connectivity index (χ1n) is 5.15. The van der Waals surface area contributed by atoms with Crippen molar-refractivity contribution >= 4 is 5.91 Å². The van der Waals surface area contributed by atoms with Crippen molar-refractivity contribution in [1.82, 2.24) is 10.3 Å². The van der Waals surface area contributed by atoms with E-state index in [0.29, 0.717) is 0 Å². The van der Waals surface area contributed by atoms with Crippen LogP contribution in [0.4, 0.5) is 0 Å². The maximum absolute atomic E-state index is 11.1. The Hall–Kier alpha value is -1.64. The van der Waals surface area contributed by atoms with Crippen LogP contribution in [0.2, 0.25) is 0 Å². The Bertz CT molecular complexity index is 387. The van der Waals surface area contributed by atoms with Crippen molar-refractivity contribution in [2.45, 2.75) is 25.3 Å². The van der Waals surface area contributed by atoms with Crippen LogP contribution >= 0.6 is 0 Å². The third-order valence-electron chi connectivity index (χ3n) is 2.71. The van der Waals surface area contributed by atoms with E-state index in [1.165, 1.54) is 17.3 Å². The smallest absolute Gasteiger partial charge is 0.243 e. The molecule has 0 bridgehead atoms. The van der Waals surface area contributed by atoms with Gasteiger partial charge in [-0.25, -0.2) is 0 Å². The third kappa shape index (κ3) is 2.24. The van der Waals surface area contributed by atoms with Gasteiger partial charge in [0.2, 0.25) is 5.91 Å². The van der Waals surface area contributed by atoms with Crippen LogP contribution in [0.5, 0.6) is 0 Å². The lowest BCUT2D eigenvalue weighted by atomic mass is 9.92. The number of pyridine rings is 1. The van der Waals surface area contributed by atoms with E-state index < -0.39 is 0 Å². The van der Waals surface area contributed by atoms with Gasteiger partial charge < -0.3 is 5.32 Å². The van der Waals surface area contributed by atoms with Gasteiger partial charge in [-0.3, -0.25) is 9.78 Å². The molecule has 1 atom stereocenters. The Labute approximate surface area is 89.2 Å². The minimum Gasteiger partial charge on any atom is -0.349 e. The SMILES string of the molecule is C=CC(=O)NC1CCc2ncccc2C1. The number of aryl methyl sites for hydroxylation is 1. The number of carbonyl (C=O) groups excluding carboxylic acids is 1. The van der Waals surface area contributed by atoms with Gasteiger partial charge in [0.25, 0.3) is 0 Å². The van der Waals surface area contributed by atoms with Gasteiger partial charge in [-0.1, -0.05) is 12.6 Å². The summed E-state index contributed by atoms with van der Waals surface area (Å²) >= 11 is 0. The monoisotopic (exact) mass is 202 g/mol. The van der Waals surface area contributed by atoms with Crippen molar-refractivity contribution in [3.05, 3.63) is 42.2 Å². The van der Waals surface area contributed by atoms with Crippen LogP contribution in [-0.4, -0.2) is 16.9 Å². The summed E-state index contributed by atoms with van der Waals surface area (Å²) in [6, 6.07) is 4.25. The highest BCUT2D eigenvalue weighted by atomic mass is 16.1. The zero-order valence-corrected chi connectivity index (χ0v) is 8.57. The topological polar surface area (TPSA) is 42.0 Å². The molecule has 0 saturated carbocycles. The molecule has 0 saturated heterocycles. The van der Waals surface area contributed by atoms with Gasteiger partial charge in [-0.15, -0.1) is 0 Å². The standard InChI is InChI=1S/C12H14N2O/c1-2-12(15)14-10-5-6-11-9(8-10)4-3-7-13-11/h2-4,7,10H,1,5-6,8H2,(H,14,15). The fourth-order valence-corrected chi connectivity index (χ4v) is 1.94. The molecule has 1 N–H and O–H groups in total. The molecule has 3 heteroatoms. The highest BCUT2D eigenvalue weighted by Gasteiger charge is 2.19. The molecule has 0 spiro atoms. The average Bonchev–Trinajstić information content (AvgIpc) is 2.29. The van der Waals surface area contributed by atoms with E-state index in [2.05, 4.69) is 22.9 Å².